The van der Waals surface area contributed by atoms with E-state index in [0.29, 0.717) is 12.2 Å². The highest BCUT2D eigenvalue weighted by atomic mass is 79.9. The summed E-state index contributed by atoms with van der Waals surface area (Å²) >= 11 is 3.35. The van der Waals surface area contributed by atoms with Crippen molar-refractivity contribution in [1.29, 1.82) is 0 Å². The van der Waals surface area contributed by atoms with Crippen LogP contribution in [0, 0.1) is 0 Å². The minimum Gasteiger partial charge on any atom is -0.487 e. The smallest absolute Gasteiger partial charge is 0.266 e. The molecule has 19 heavy (non-hydrogen) atoms. The third kappa shape index (κ3) is 3.77. The second-order valence-corrected chi connectivity index (χ2v) is 4.67. The van der Waals surface area contributed by atoms with Gasteiger partial charge in [-0.1, -0.05) is 15.9 Å². The lowest BCUT2D eigenvalue weighted by Gasteiger charge is -2.06. The molecule has 0 unspecified atom stereocenters. The Labute approximate surface area is 118 Å². The van der Waals surface area contributed by atoms with Gasteiger partial charge in [-0.3, -0.25) is 15.2 Å². The molecule has 0 atom stereocenters. The van der Waals surface area contributed by atoms with Crippen molar-refractivity contribution in [2.75, 3.05) is 0 Å². The molecule has 1 heterocycles. The summed E-state index contributed by atoms with van der Waals surface area (Å²) < 4.78 is 6.56. The third-order valence-electron chi connectivity index (χ3n) is 2.42. The summed E-state index contributed by atoms with van der Waals surface area (Å²) in [6.45, 7) is 0.339. The van der Waals surface area contributed by atoms with Crippen LogP contribution in [0.4, 0.5) is 0 Å². The molecular formula is C13H12BrN3O2. The maximum absolute atomic E-state index is 11.2. The van der Waals surface area contributed by atoms with Gasteiger partial charge < -0.3 is 4.74 Å². The Kier molecular flexibility index (Phi) is 4.48. The molecule has 0 bridgehead atoms. The minimum absolute atomic E-state index is 0.339. The number of hydrazine groups is 1. The predicted molar refractivity (Wildman–Crippen MR) is 74.4 cm³/mol. The van der Waals surface area contributed by atoms with Crippen molar-refractivity contribution in [2.24, 2.45) is 5.84 Å². The van der Waals surface area contributed by atoms with Crippen molar-refractivity contribution >= 4 is 21.8 Å². The Hall–Kier alpha value is -1.92. The summed E-state index contributed by atoms with van der Waals surface area (Å²) in [6, 6.07) is 10.9. The van der Waals surface area contributed by atoms with Crippen molar-refractivity contribution in [3.8, 4) is 5.75 Å². The molecule has 0 aliphatic carbocycles. The zero-order valence-electron chi connectivity index (χ0n) is 9.97. The van der Waals surface area contributed by atoms with E-state index in [0.717, 1.165) is 15.9 Å². The monoisotopic (exact) mass is 321 g/mol. The Morgan fingerprint density at radius 3 is 2.58 bits per heavy atom. The second-order valence-electron chi connectivity index (χ2n) is 3.75. The number of nitrogens with zero attached hydrogens (tertiary/aromatic N) is 1. The first kappa shape index (κ1) is 13.5. The number of benzene rings is 1. The van der Waals surface area contributed by atoms with Crippen LogP contribution in [-0.4, -0.2) is 10.9 Å². The van der Waals surface area contributed by atoms with Crippen LogP contribution in [0.25, 0.3) is 0 Å². The molecule has 0 aliphatic heterocycles. The number of aromatic nitrogens is 1. The Morgan fingerprint density at radius 2 is 2.00 bits per heavy atom. The maximum atomic E-state index is 11.2. The highest BCUT2D eigenvalue weighted by Gasteiger charge is 2.04. The molecule has 3 N–H and O–H groups in total. The molecule has 6 heteroatoms. The molecule has 98 valence electrons. The molecular weight excluding hydrogens is 310 g/mol. The number of hydrogen-bond donors (Lipinski definition) is 2. The Balaban J connectivity index is 1.96. The number of hydrogen-bond acceptors (Lipinski definition) is 4. The lowest BCUT2D eigenvalue weighted by Crippen LogP contribution is -2.30. The van der Waals surface area contributed by atoms with E-state index < -0.39 is 0 Å². The predicted octanol–water partition coefficient (Wildman–Crippen LogP) is 2.03. The van der Waals surface area contributed by atoms with Gasteiger partial charge in [-0.15, -0.1) is 0 Å². The van der Waals surface area contributed by atoms with Crippen LogP contribution in [0.15, 0.2) is 47.1 Å². The topological polar surface area (TPSA) is 77.2 Å². The van der Waals surface area contributed by atoms with Crippen LogP contribution >= 0.6 is 15.9 Å². The average Bonchev–Trinajstić information content (AvgIpc) is 2.46. The number of carbonyl (C=O) groups is 1. The van der Waals surface area contributed by atoms with Gasteiger partial charge in [0.1, 0.15) is 12.4 Å². The van der Waals surface area contributed by atoms with E-state index in [-0.39, 0.29) is 5.91 Å². The van der Waals surface area contributed by atoms with Crippen molar-refractivity contribution in [2.45, 2.75) is 6.61 Å². The maximum Gasteiger partial charge on any atom is 0.266 e. The highest BCUT2D eigenvalue weighted by molar-refractivity contribution is 9.10. The summed E-state index contributed by atoms with van der Waals surface area (Å²) in [5, 5.41) is 0. The fourth-order valence-electron chi connectivity index (χ4n) is 1.42. The van der Waals surface area contributed by atoms with Gasteiger partial charge in [0.25, 0.3) is 5.91 Å². The second kappa shape index (κ2) is 6.31. The van der Waals surface area contributed by atoms with E-state index in [1.54, 1.807) is 12.1 Å². The molecule has 0 saturated heterocycles. The van der Waals surface area contributed by atoms with Gasteiger partial charge in [-0.05, 0) is 36.4 Å². The van der Waals surface area contributed by atoms with E-state index >= 15 is 0 Å². The quantitative estimate of drug-likeness (QED) is 0.513. The number of nitrogen functional groups attached to an aromatic ring is 1. The standard InChI is InChI=1S/C13H12BrN3O2/c14-10-2-5-12(6-3-10)19-8-11-4-1-9(7-16-11)13(18)17-15/h1-7H,8,15H2,(H,17,18). The van der Waals surface area contributed by atoms with Crippen molar-refractivity contribution < 1.29 is 9.53 Å². The fraction of sp³-hybridized carbons (Fsp3) is 0.0769. The van der Waals surface area contributed by atoms with Crippen molar-refractivity contribution in [1.82, 2.24) is 10.4 Å². The minimum atomic E-state index is -0.368. The van der Waals surface area contributed by atoms with Gasteiger partial charge >= 0.3 is 0 Å². The summed E-state index contributed by atoms with van der Waals surface area (Å²) in [4.78, 5) is 15.4. The molecule has 0 radical (unpaired) electrons. The molecule has 2 rings (SSSR count). The number of amides is 1. The van der Waals surface area contributed by atoms with Crippen LogP contribution in [0.1, 0.15) is 16.1 Å². The summed E-state index contributed by atoms with van der Waals surface area (Å²) in [5.74, 6) is 5.42. The van der Waals surface area contributed by atoms with Gasteiger partial charge in [0.05, 0.1) is 11.3 Å². The number of halogens is 1. The SMILES string of the molecule is NNC(=O)c1ccc(COc2ccc(Br)cc2)nc1. The van der Waals surface area contributed by atoms with E-state index in [2.05, 4.69) is 20.9 Å². The molecule has 5 nitrogen and oxygen atoms in total. The molecule has 1 aromatic heterocycles. The number of carbonyl (C=O) groups excluding carboxylic acids is 1. The number of rotatable bonds is 4. The van der Waals surface area contributed by atoms with Crippen LogP contribution in [0.2, 0.25) is 0 Å². The fourth-order valence-corrected chi connectivity index (χ4v) is 1.68. The normalized spacial score (nSPS) is 10.0. The third-order valence-corrected chi connectivity index (χ3v) is 2.95. The molecule has 1 aromatic carbocycles. The first-order valence-corrected chi connectivity index (χ1v) is 6.32. The Bertz CT molecular complexity index is 555. The Morgan fingerprint density at radius 1 is 1.26 bits per heavy atom. The highest BCUT2D eigenvalue weighted by Crippen LogP contribution is 2.17. The molecule has 0 fully saturated rings. The van der Waals surface area contributed by atoms with Crippen molar-refractivity contribution in [3.05, 3.63) is 58.3 Å². The summed E-state index contributed by atoms with van der Waals surface area (Å²) in [7, 11) is 0. The van der Waals surface area contributed by atoms with Crippen molar-refractivity contribution in [3.63, 3.8) is 0 Å². The zero-order chi connectivity index (χ0) is 13.7. The number of nitrogens with one attached hydrogen (secondary N) is 1. The van der Waals surface area contributed by atoms with E-state index in [4.69, 9.17) is 10.6 Å². The van der Waals surface area contributed by atoms with Gasteiger partial charge in [0.15, 0.2) is 0 Å². The number of pyridine rings is 1. The lowest BCUT2D eigenvalue weighted by atomic mass is 10.2. The zero-order valence-corrected chi connectivity index (χ0v) is 11.6. The van der Waals surface area contributed by atoms with Gasteiger partial charge in [0.2, 0.25) is 0 Å². The summed E-state index contributed by atoms with van der Waals surface area (Å²) in [6.07, 6.45) is 1.46. The lowest BCUT2D eigenvalue weighted by molar-refractivity contribution is 0.0953. The first-order chi connectivity index (χ1) is 9.19. The van der Waals surface area contributed by atoms with Gasteiger partial charge in [0, 0.05) is 10.7 Å². The molecule has 2 aromatic rings. The molecule has 0 spiro atoms. The van der Waals surface area contributed by atoms with E-state index in [1.807, 2.05) is 29.7 Å². The molecule has 1 amide bonds. The molecule has 0 aliphatic rings. The number of nitrogens with two attached hydrogens (primary N) is 1. The number of ether oxygens (including phenoxy) is 1. The van der Waals surface area contributed by atoms with Gasteiger partial charge in [-0.2, -0.15) is 0 Å². The van der Waals surface area contributed by atoms with Gasteiger partial charge in [-0.25, -0.2) is 5.84 Å². The van der Waals surface area contributed by atoms with Crippen LogP contribution < -0.4 is 16.0 Å². The summed E-state index contributed by atoms with van der Waals surface area (Å²) in [5.41, 5.74) is 3.19. The average molecular weight is 322 g/mol. The van der Waals surface area contributed by atoms with Crippen LogP contribution in [0.5, 0.6) is 5.75 Å². The van der Waals surface area contributed by atoms with E-state index in [1.165, 1.54) is 6.20 Å². The molecule has 0 saturated carbocycles. The van der Waals surface area contributed by atoms with Crippen LogP contribution in [0.3, 0.4) is 0 Å². The van der Waals surface area contributed by atoms with E-state index in [9.17, 15) is 4.79 Å². The first-order valence-electron chi connectivity index (χ1n) is 5.53. The van der Waals surface area contributed by atoms with Crippen LogP contribution in [-0.2, 0) is 6.61 Å². The largest absolute Gasteiger partial charge is 0.487 e.